The van der Waals surface area contributed by atoms with Crippen LogP contribution in [0.15, 0.2) is 0 Å². The predicted octanol–water partition coefficient (Wildman–Crippen LogP) is 7.73. The van der Waals surface area contributed by atoms with Crippen LogP contribution in [0.2, 0.25) is 0 Å². The van der Waals surface area contributed by atoms with E-state index < -0.39 is 0 Å². The van der Waals surface area contributed by atoms with Crippen LogP contribution >= 0.6 is 0 Å². The Kier molecular flexibility index (Phi) is 16.3. The first-order valence-electron chi connectivity index (χ1n) is 11.7. The zero-order chi connectivity index (χ0) is 17.1. The standard InChI is InChI=1S/C23H47N/c1-2-3-4-5-6-7-8-9-10-11-12-13-14-15-16-17-18-19-20-21-24-22-23-24/h2-23H2,1H3. The van der Waals surface area contributed by atoms with Crippen LogP contribution in [0.25, 0.3) is 0 Å². The molecule has 0 aliphatic carbocycles. The summed E-state index contributed by atoms with van der Waals surface area (Å²) in [5.74, 6) is 0. The molecule has 1 rings (SSSR count). The predicted molar refractivity (Wildman–Crippen MR) is 110 cm³/mol. The number of hydrogen-bond donors (Lipinski definition) is 0. The van der Waals surface area contributed by atoms with Crippen LogP contribution in [0.4, 0.5) is 0 Å². The molecule has 1 aliphatic rings. The monoisotopic (exact) mass is 337 g/mol. The quantitative estimate of drug-likeness (QED) is 0.162. The van der Waals surface area contributed by atoms with Crippen molar-refractivity contribution in [2.75, 3.05) is 19.6 Å². The molecule has 0 aromatic carbocycles. The van der Waals surface area contributed by atoms with Gasteiger partial charge in [0.25, 0.3) is 0 Å². The van der Waals surface area contributed by atoms with Gasteiger partial charge in [0, 0.05) is 13.1 Å². The van der Waals surface area contributed by atoms with Crippen molar-refractivity contribution in [3.05, 3.63) is 0 Å². The number of rotatable bonds is 20. The molecule has 1 nitrogen and oxygen atoms in total. The van der Waals surface area contributed by atoms with Gasteiger partial charge in [-0.25, -0.2) is 0 Å². The lowest BCUT2D eigenvalue weighted by Gasteiger charge is -2.04. The summed E-state index contributed by atoms with van der Waals surface area (Å²) in [4.78, 5) is 2.55. The largest absolute Gasteiger partial charge is 0.301 e. The lowest BCUT2D eigenvalue weighted by Crippen LogP contribution is -1.98. The molecule has 144 valence electrons. The molecule has 0 N–H and O–H groups in total. The van der Waals surface area contributed by atoms with Gasteiger partial charge in [0.05, 0.1) is 0 Å². The Morgan fingerprint density at radius 3 is 1.00 bits per heavy atom. The first-order chi connectivity index (χ1) is 11.9. The molecule has 1 aliphatic heterocycles. The minimum absolute atomic E-state index is 1.37. The molecular weight excluding hydrogens is 290 g/mol. The third-order valence-corrected chi connectivity index (χ3v) is 5.62. The van der Waals surface area contributed by atoms with Gasteiger partial charge in [-0.1, -0.05) is 122 Å². The summed E-state index contributed by atoms with van der Waals surface area (Å²) in [5, 5.41) is 0. The van der Waals surface area contributed by atoms with Crippen LogP contribution in [0.5, 0.6) is 0 Å². The third kappa shape index (κ3) is 16.8. The van der Waals surface area contributed by atoms with Gasteiger partial charge in [-0.15, -0.1) is 0 Å². The molecule has 1 heteroatoms. The Bertz CT molecular complexity index is 234. The second-order valence-corrected chi connectivity index (χ2v) is 8.21. The first kappa shape index (κ1) is 22.0. The smallest absolute Gasteiger partial charge is 0.0110 e. The van der Waals surface area contributed by atoms with Crippen LogP contribution < -0.4 is 0 Å². The van der Waals surface area contributed by atoms with Gasteiger partial charge < -0.3 is 4.90 Å². The van der Waals surface area contributed by atoms with Gasteiger partial charge in [0.15, 0.2) is 0 Å². The SMILES string of the molecule is CCCCCCCCCCCCCCCCCCCCCN1CC1. The number of nitrogens with zero attached hydrogens (tertiary/aromatic N) is 1. The second-order valence-electron chi connectivity index (χ2n) is 8.21. The van der Waals surface area contributed by atoms with Gasteiger partial charge >= 0.3 is 0 Å². The summed E-state index contributed by atoms with van der Waals surface area (Å²) in [6.07, 6.45) is 28.0. The molecule has 0 spiro atoms. The van der Waals surface area contributed by atoms with Crippen LogP contribution in [0.1, 0.15) is 129 Å². The van der Waals surface area contributed by atoms with E-state index in [4.69, 9.17) is 0 Å². The molecule has 1 fully saturated rings. The van der Waals surface area contributed by atoms with Gasteiger partial charge in [0.1, 0.15) is 0 Å². The number of hydrogen-bond acceptors (Lipinski definition) is 1. The molecule has 1 heterocycles. The normalized spacial score (nSPS) is 14.4. The second kappa shape index (κ2) is 17.8. The van der Waals surface area contributed by atoms with Crippen molar-refractivity contribution in [3.63, 3.8) is 0 Å². The van der Waals surface area contributed by atoms with Crippen LogP contribution in [-0.2, 0) is 0 Å². The highest BCUT2D eigenvalue weighted by Gasteiger charge is 2.14. The number of unbranched alkanes of at least 4 members (excludes halogenated alkanes) is 18. The molecule has 0 aromatic heterocycles. The Hall–Kier alpha value is -0.0400. The van der Waals surface area contributed by atoms with Crippen LogP contribution in [-0.4, -0.2) is 24.5 Å². The lowest BCUT2D eigenvalue weighted by molar-refractivity contribution is 0.493. The van der Waals surface area contributed by atoms with Crippen molar-refractivity contribution in [3.8, 4) is 0 Å². The summed E-state index contributed by atoms with van der Waals surface area (Å²) in [5.41, 5.74) is 0. The third-order valence-electron chi connectivity index (χ3n) is 5.62. The fraction of sp³-hybridized carbons (Fsp3) is 1.00. The van der Waals surface area contributed by atoms with E-state index in [9.17, 15) is 0 Å². The molecule has 0 aromatic rings. The van der Waals surface area contributed by atoms with E-state index in [-0.39, 0.29) is 0 Å². The highest BCUT2D eigenvalue weighted by molar-refractivity contribution is 4.71. The molecule has 1 saturated heterocycles. The van der Waals surface area contributed by atoms with Crippen molar-refractivity contribution in [1.82, 2.24) is 4.90 Å². The average molecular weight is 338 g/mol. The van der Waals surface area contributed by atoms with Crippen LogP contribution in [0, 0.1) is 0 Å². The maximum Gasteiger partial charge on any atom is 0.0110 e. The first-order valence-corrected chi connectivity index (χ1v) is 11.7. The van der Waals surface area contributed by atoms with E-state index >= 15 is 0 Å². The highest BCUT2D eigenvalue weighted by atomic mass is 15.2. The minimum Gasteiger partial charge on any atom is -0.301 e. The van der Waals surface area contributed by atoms with Gasteiger partial charge in [0.2, 0.25) is 0 Å². The molecule has 0 unspecified atom stereocenters. The maximum absolute atomic E-state index is 2.55. The molecule has 0 amide bonds. The fourth-order valence-electron chi connectivity index (χ4n) is 3.71. The Balaban J connectivity index is 1.59. The van der Waals surface area contributed by atoms with Crippen LogP contribution in [0.3, 0.4) is 0 Å². The van der Waals surface area contributed by atoms with E-state index in [0.717, 1.165) is 0 Å². The summed E-state index contributed by atoms with van der Waals surface area (Å²) in [6.45, 7) is 6.42. The van der Waals surface area contributed by atoms with E-state index in [1.807, 2.05) is 0 Å². The van der Waals surface area contributed by atoms with E-state index in [0.29, 0.717) is 0 Å². The van der Waals surface area contributed by atoms with Crippen molar-refractivity contribution >= 4 is 0 Å². The Morgan fingerprint density at radius 2 is 0.708 bits per heavy atom. The zero-order valence-corrected chi connectivity index (χ0v) is 17.0. The van der Waals surface area contributed by atoms with E-state index in [1.165, 1.54) is 142 Å². The Morgan fingerprint density at radius 1 is 0.417 bits per heavy atom. The summed E-state index contributed by atoms with van der Waals surface area (Å²) in [7, 11) is 0. The van der Waals surface area contributed by atoms with Gasteiger partial charge in [-0.05, 0) is 13.0 Å². The molecule has 0 bridgehead atoms. The lowest BCUT2D eigenvalue weighted by atomic mass is 10.0. The van der Waals surface area contributed by atoms with Crippen molar-refractivity contribution < 1.29 is 0 Å². The maximum atomic E-state index is 2.55. The van der Waals surface area contributed by atoms with Gasteiger partial charge in [-0.2, -0.15) is 0 Å². The van der Waals surface area contributed by atoms with Gasteiger partial charge in [-0.3, -0.25) is 0 Å². The summed E-state index contributed by atoms with van der Waals surface area (Å²) < 4.78 is 0. The van der Waals surface area contributed by atoms with E-state index in [2.05, 4.69) is 11.8 Å². The van der Waals surface area contributed by atoms with E-state index in [1.54, 1.807) is 0 Å². The summed E-state index contributed by atoms with van der Waals surface area (Å²) >= 11 is 0. The summed E-state index contributed by atoms with van der Waals surface area (Å²) in [6, 6.07) is 0. The Labute approximate surface area is 154 Å². The molecule has 0 radical (unpaired) electrons. The average Bonchev–Trinajstić information content (AvgIpc) is 3.41. The highest BCUT2D eigenvalue weighted by Crippen LogP contribution is 2.15. The zero-order valence-electron chi connectivity index (χ0n) is 17.0. The van der Waals surface area contributed by atoms with Crippen molar-refractivity contribution in [2.24, 2.45) is 0 Å². The molecule has 24 heavy (non-hydrogen) atoms. The topological polar surface area (TPSA) is 3.01 Å². The fourth-order valence-corrected chi connectivity index (χ4v) is 3.71. The van der Waals surface area contributed by atoms with Crippen molar-refractivity contribution in [1.29, 1.82) is 0 Å². The minimum atomic E-state index is 1.37. The molecular formula is C23H47N. The van der Waals surface area contributed by atoms with Crippen molar-refractivity contribution in [2.45, 2.75) is 129 Å². The molecule has 0 atom stereocenters. The molecule has 0 saturated carbocycles.